The van der Waals surface area contributed by atoms with Gasteiger partial charge >= 0.3 is 0 Å². The van der Waals surface area contributed by atoms with E-state index < -0.39 is 0 Å². The summed E-state index contributed by atoms with van der Waals surface area (Å²) < 4.78 is 1.86. The van der Waals surface area contributed by atoms with Crippen molar-refractivity contribution < 1.29 is 0 Å². The van der Waals surface area contributed by atoms with Gasteiger partial charge in [-0.25, -0.2) is 0 Å². The van der Waals surface area contributed by atoms with Crippen LogP contribution in [0.1, 0.15) is 43.9 Å². The van der Waals surface area contributed by atoms with E-state index in [1.54, 1.807) is 16.9 Å². The summed E-state index contributed by atoms with van der Waals surface area (Å²) in [5.41, 5.74) is 1.55. The first kappa shape index (κ1) is 15.6. The molecule has 0 aliphatic heterocycles. The number of likely N-dealkylation sites (N-methyl/N-ethyl adjacent to an activating group) is 1. The van der Waals surface area contributed by atoms with E-state index in [-0.39, 0.29) is 0 Å². The van der Waals surface area contributed by atoms with E-state index in [4.69, 9.17) is 11.6 Å². The monoisotopic (exact) mass is 361 g/mol. The maximum Gasteiger partial charge on any atom is 0.108 e. The molecule has 1 N–H and O–H groups in total. The highest BCUT2D eigenvalue weighted by molar-refractivity contribution is 9.10. The summed E-state index contributed by atoms with van der Waals surface area (Å²) in [5.74, 6) is 0.757. The van der Waals surface area contributed by atoms with Crippen LogP contribution in [0.15, 0.2) is 16.1 Å². The smallest absolute Gasteiger partial charge is 0.108 e. The predicted octanol–water partition coefficient (Wildman–Crippen LogP) is 5.74. The van der Waals surface area contributed by atoms with Crippen molar-refractivity contribution in [1.29, 1.82) is 0 Å². The molecule has 1 saturated carbocycles. The van der Waals surface area contributed by atoms with Crippen molar-refractivity contribution in [3.05, 3.63) is 25.3 Å². The third-order valence-corrected chi connectivity index (χ3v) is 6.12. The molecule has 0 amide bonds. The van der Waals surface area contributed by atoms with Crippen LogP contribution in [0.4, 0.5) is 0 Å². The first-order valence-electron chi connectivity index (χ1n) is 7.06. The van der Waals surface area contributed by atoms with Crippen LogP contribution in [0.2, 0.25) is 4.34 Å². The zero-order valence-electron chi connectivity index (χ0n) is 11.3. The molecule has 19 heavy (non-hydrogen) atoms. The van der Waals surface area contributed by atoms with Gasteiger partial charge in [0.15, 0.2) is 0 Å². The third-order valence-electron chi connectivity index (χ3n) is 3.70. The molecule has 2 rings (SSSR count). The van der Waals surface area contributed by atoms with Crippen LogP contribution >= 0.6 is 38.9 Å². The minimum Gasteiger partial charge on any atom is -0.313 e. The second-order valence-corrected chi connectivity index (χ2v) is 7.65. The normalized spacial score (nSPS) is 17.9. The van der Waals surface area contributed by atoms with Crippen LogP contribution < -0.4 is 5.32 Å². The lowest BCUT2D eigenvalue weighted by Crippen LogP contribution is -2.21. The average Bonchev–Trinajstić information content (AvgIpc) is 2.74. The fourth-order valence-electron chi connectivity index (χ4n) is 2.67. The van der Waals surface area contributed by atoms with Crippen molar-refractivity contribution in [3.8, 4) is 0 Å². The van der Waals surface area contributed by atoms with Gasteiger partial charge in [0.2, 0.25) is 0 Å². The van der Waals surface area contributed by atoms with Gasteiger partial charge in [0.05, 0.1) is 0 Å². The molecule has 1 fully saturated rings. The zero-order chi connectivity index (χ0) is 13.7. The van der Waals surface area contributed by atoms with Crippen molar-refractivity contribution in [2.45, 2.75) is 39.0 Å². The third kappa shape index (κ3) is 4.59. The quantitative estimate of drug-likeness (QED) is 0.704. The minimum atomic E-state index is 0.757. The van der Waals surface area contributed by atoms with Crippen LogP contribution in [-0.4, -0.2) is 13.1 Å². The van der Waals surface area contributed by atoms with Gasteiger partial charge in [-0.2, -0.15) is 0 Å². The van der Waals surface area contributed by atoms with E-state index in [0.717, 1.165) is 27.8 Å². The van der Waals surface area contributed by atoms with E-state index in [2.05, 4.69) is 40.3 Å². The lowest BCUT2D eigenvalue weighted by atomic mass is 9.83. The summed E-state index contributed by atoms with van der Waals surface area (Å²) in [6.45, 7) is 4.20. The standard InChI is InChI=1S/C15H21BrClNS/c1-2-18-10-12(11-6-4-3-5-7-11)8-13-9-14(16)15(17)19-13/h8-9,11,18H,2-7,10H2,1H3. The SMILES string of the molecule is CCNCC(=Cc1cc(Br)c(Cl)s1)C1CCCCC1. The second kappa shape index (κ2) is 7.82. The average molecular weight is 363 g/mol. The maximum absolute atomic E-state index is 6.13. The van der Waals surface area contributed by atoms with Gasteiger partial charge in [-0.15, -0.1) is 11.3 Å². The Kier molecular flexibility index (Phi) is 6.40. The number of rotatable bonds is 5. The van der Waals surface area contributed by atoms with Gasteiger partial charge in [0, 0.05) is 15.9 Å². The van der Waals surface area contributed by atoms with E-state index >= 15 is 0 Å². The predicted molar refractivity (Wildman–Crippen MR) is 90.1 cm³/mol. The van der Waals surface area contributed by atoms with E-state index in [1.807, 2.05) is 0 Å². The Morgan fingerprint density at radius 2 is 2.21 bits per heavy atom. The number of nitrogens with one attached hydrogen (secondary N) is 1. The van der Waals surface area contributed by atoms with Gasteiger partial charge in [-0.3, -0.25) is 0 Å². The lowest BCUT2D eigenvalue weighted by Gasteiger charge is -2.24. The Labute approximate surface area is 133 Å². The number of halogens is 2. The van der Waals surface area contributed by atoms with Gasteiger partial charge in [-0.1, -0.05) is 43.4 Å². The van der Waals surface area contributed by atoms with Crippen molar-refractivity contribution in [2.75, 3.05) is 13.1 Å². The Bertz CT molecular complexity index is 416. The minimum absolute atomic E-state index is 0.757. The zero-order valence-corrected chi connectivity index (χ0v) is 14.5. The Morgan fingerprint density at radius 3 is 2.79 bits per heavy atom. The van der Waals surface area contributed by atoms with Crippen LogP contribution in [-0.2, 0) is 0 Å². The van der Waals surface area contributed by atoms with Gasteiger partial charge in [0.1, 0.15) is 4.34 Å². The molecule has 0 radical (unpaired) electrons. The molecule has 0 atom stereocenters. The van der Waals surface area contributed by atoms with Crippen molar-refractivity contribution >= 4 is 44.9 Å². The van der Waals surface area contributed by atoms with Crippen LogP contribution in [0.3, 0.4) is 0 Å². The molecule has 0 bridgehead atoms. The summed E-state index contributed by atoms with van der Waals surface area (Å²) in [4.78, 5) is 1.26. The number of thiophene rings is 1. The fraction of sp³-hybridized carbons (Fsp3) is 0.600. The van der Waals surface area contributed by atoms with E-state index in [0.29, 0.717) is 0 Å². The fourth-order valence-corrected chi connectivity index (χ4v) is 4.39. The molecule has 1 heterocycles. The summed E-state index contributed by atoms with van der Waals surface area (Å²) in [6.07, 6.45) is 9.20. The van der Waals surface area contributed by atoms with Crippen molar-refractivity contribution in [1.82, 2.24) is 5.32 Å². The van der Waals surface area contributed by atoms with Crippen molar-refractivity contribution in [3.63, 3.8) is 0 Å². The molecule has 106 valence electrons. The highest BCUT2D eigenvalue weighted by Gasteiger charge is 2.18. The summed E-state index contributed by atoms with van der Waals surface area (Å²) in [5, 5.41) is 3.48. The second-order valence-electron chi connectivity index (χ2n) is 5.10. The van der Waals surface area contributed by atoms with Crippen LogP contribution in [0, 0.1) is 5.92 Å². The molecule has 1 aromatic heterocycles. The molecule has 0 unspecified atom stereocenters. The molecular weight excluding hydrogens is 342 g/mol. The maximum atomic E-state index is 6.13. The first-order chi connectivity index (χ1) is 9.20. The molecule has 0 aromatic carbocycles. The van der Waals surface area contributed by atoms with Gasteiger partial charge in [0.25, 0.3) is 0 Å². The first-order valence-corrected chi connectivity index (χ1v) is 9.05. The molecule has 4 heteroatoms. The van der Waals surface area contributed by atoms with E-state index in [1.165, 1.54) is 37.0 Å². The Morgan fingerprint density at radius 1 is 1.47 bits per heavy atom. The molecule has 1 nitrogen and oxygen atoms in total. The summed E-state index contributed by atoms with van der Waals surface area (Å²) in [7, 11) is 0. The van der Waals surface area contributed by atoms with Crippen molar-refractivity contribution in [2.24, 2.45) is 5.92 Å². The Hall–Kier alpha value is 0.170. The molecule has 0 saturated heterocycles. The molecule has 1 aromatic rings. The van der Waals surface area contributed by atoms with Crippen LogP contribution in [0.25, 0.3) is 6.08 Å². The van der Waals surface area contributed by atoms with Crippen LogP contribution in [0.5, 0.6) is 0 Å². The summed E-state index contributed by atoms with van der Waals surface area (Å²) >= 11 is 11.3. The summed E-state index contributed by atoms with van der Waals surface area (Å²) in [6, 6.07) is 2.13. The molecule has 1 aliphatic rings. The number of hydrogen-bond acceptors (Lipinski definition) is 2. The molecular formula is C15H21BrClNS. The Balaban J connectivity index is 2.15. The highest BCUT2D eigenvalue weighted by atomic mass is 79.9. The topological polar surface area (TPSA) is 12.0 Å². The number of hydrogen-bond donors (Lipinski definition) is 1. The molecule has 1 aliphatic carbocycles. The lowest BCUT2D eigenvalue weighted by molar-refractivity contribution is 0.397. The molecule has 0 spiro atoms. The van der Waals surface area contributed by atoms with E-state index in [9.17, 15) is 0 Å². The largest absolute Gasteiger partial charge is 0.313 e. The van der Waals surface area contributed by atoms with Gasteiger partial charge in [-0.05, 0) is 53.4 Å². The highest BCUT2D eigenvalue weighted by Crippen LogP contribution is 2.35. The van der Waals surface area contributed by atoms with Gasteiger partial charge < -0.3 is 5.32 Å².